The van der Waals surface area contributed by atoms with Crippen molar-refractivity contribution in [2.45, 2.75) is 38.3 Å². The van der Waals surface area contributed by atoms with Crippen molar-refractivity contribution in [1.82, 2.24) is 0 Å². The lowest BCUT2D eigenvalue weighted by atomic mass is 10.1. The zero-order valence-electron chi connectivity index (χ0n) is 15.8. The maximum atomic E-state index is 14.6. The van der Waals surface area contributed by atoms with Crippen LogP contribution in [-0.2, 0) is 6.42 Å². The predicted molar refractivity (Wildman–Crippen MR) is 105 cm³/mol. The fourth-order valence-electron chi connectivity index (χ4n) is 2.64. The molecule has 0 aliphatic rings. The fourth-order valence-corrected chi connectivity index (χ4v) is 2.64. The average Bonchev–Trinajstić information content (AvgIpc) is 2.65. The van der Waals surface area contributed by atoms with Crippen LogP contribution in [0.4, 0.5) is 17.6 Å². The summed E-state index contributed by atoms with van der Waals surface area (Å²) in [6, 6.07) is 4.40. The van der Waals surface area contributed by atoms with Crippen molar-refractivity contribution in [1.29, 1.82) is 0 Å². The Morgan fingerprint density at radius 1 is 1.07 bits per heavy atom. The topological polar surface area (TPSA) is 39.4 Å². The van der Waals surface area contributed by atoms with Gasteiger partial charge in [0.2, 0.25) is 0 Å². The van der Waals surface area contributed by atoms with Crippen molar-refractivity contribution < 1.29 is 26.7 Å². The number of fused-ring (bicyclic) bond motifs is 1. The smallest absolute Gasteiger partial charge is 0.409 e. The van der Waals surface area contributed by atoms with E-state index in [9.17, 15) is 22.4 Å². The van der Waals surface area contributed by atoms with Crippen molar-refractivity contribution in [3.63, 3.8) is 0 Å². The molecule has 7 heteroatoms. The van der Waals surface area contributed by atoms with Gasteiger partial charge >= 0.3 is 11.8 Å². The Kier molecular flexibility index (Phi) is 8.24. The Morgan fingerprint density at radius 3 is 2.55 bits per heavy atom. The number of halogens is 4. The van der Waals surface area contributed by atoms with Crippen LogP contribution in [0.3, 0.4) is 0 Å². The SMILES string of the molecule is C=CCC/C=C/CCOc1ccc2cc(CC/C=C/C(F)(F)F)oc(=O)c2c1F. The summed E-state index contributed by atoms with van der Waals surface area (Å²) in [7, 11) is 0. The number of rotatable bonds is 10. The molecule has 0 atom stereocenters. The van der Waals surface area contributed by atoms with E-state index < -0.39 is 17.6 Å². The van der Waals surface area contributed by atoms with Gasteiger partial charge in [0, 0.05) is 12.5 Å². The lowest BCUT2D eigenvalue weighted by Crippen LogP contribution is -2.07. The quantitative estimate of drug-likeness (QED) is 0.263. The molecule has 0 spiro atoms. The van der Waals surface area contributed by atoms with Gasteiger partial charge in [0.25, 0.3) is 0 Å². The molecule has 3 nitrogen and oxygen atoms in total. The van der Waals surface area contributed by atoms with Gasteiger partial charge in [-0.25, -0.2) is 9.18 Å². The van der Waals surface area contributed by atoms with Crippen molar-refractivity contribution in [3.05, 3.63) is 77.2 Å². The van der Waals surface area contributed by atoms with E-state index in [4.69, 9.17) is 9.15 Å². The molecule has 0 radical (unpaired) electrons. The molecule has 0 bridgehead atoms. The van der Waals surface area contributed by atoms with E-state index in [1.54, 1.807) is 0 Å². The molecule has 0 aliphatic carbocycles. The van der Waals surface area contributed by atoms with Crippen molar-refractivity contribution >= 4 is 10.8 Å². The number of alkyl halides is 3. The van der Waals surface area contributed by atoms with E-state index in [-0.39, 0.29) is 42.4 Å². The molecule has 0 fully saturated rings. The van der Waals surface area contributed by atoms with E-state index in [0.717, 1.165) is 18.9 Å². The summed E-state index contributed by atoms with van der Waals surface area (Å²) in [6.45, 7) is 3.88. The summed E-state index contributed by atoms with van der Waals surface area (Å²) >= 11 is 0. The number of allylic oxidation sites excluding steroid dienone is 4. The summed E-state index contributed by atoms with van der Waals surface area (Å²) in [4.78, 5) is 12.2. The number of aryl methyl sites for hydroxylation is 1. The zero-order valence-corrected chi connectivity index (χ0v) is 15.8. The summed E-state index contributed by atoms with van der Waals surface area (Å²) < 4.78 is 61.4. The first kappa shape index (κ1) is 22.5. The van der Waals surface area contributed by atoms with Crippen LogP contribution in [0.25, 0.3) is 10.8 Å². The standard InChI is InChI=1S/C22H22F4O3/c1-2-3-4-5-6-9-14-28-18-12-11-16-15-17(10-7-8-13-22(24,25)26)29-21(27)19(16)20(18)23/h2,5-6,8,11-13,15H,1,3-4,7,9-10,14H2/b6-5+,13-8+. The number of hydrogen-bond acceptors (Lipinski definition) is 3. The van der Waals surface area contributed by atoms with Gasteiger partial charge in [-0.3, -0.25) is 0 Å². The lowest BCUT2D eigenvalue weighted by molar-refractivity contribution is -0.0800. The summed E-state index contributed by atoms with van der Waals surface area (Å²) in [5.41, 5.74) is -0.885. The Balaban J connectivity index is 2.05. The predicted octanol–water partition coefficient (Wildman–Crippen LogP) is 6.27. The van der Waals surface area contributed by atoms with Gasteiger partial charge in [-0.2, -0.15) is 13.2 Å². The Bertz CT molecular complexity index is 939. The summed E-state index contributed by atoms with van der Waals surface area (Å²) in [6.07, 6.45) is 4.92. The van der Waals surface area contributed by atoms with Crippen LogP contribution in [0.1, 0.15) is 31.4 Å². The number of hydrogen-bond donors (Lipinski definition) is 0. The molecule has 1 heterocycles. The molecule has 0 saturated heterocycles. The van der Waals surface area contributed by atoms with Crippen LogP contribution < -0.4 is 10.4 Å². The van der Waals surface area contributed by atoms with Crippen LogP contribution >= 0.6 is 0 Å². The maximum absolute atomic E-state index is 14.6. The Hall–Kier alpha value is -2.83. The number of benzene rings is 1. The molecule has 0 amide bonds. The first-order chi connectivity index (χ1) is 13.8. The van der Waals surface area contributed by atoms with E-state index >= 15 is 0 Å². The Labute approximate surface area is 166 Å². The molecule has 0 saturated carbocycles. The third-order valence-corrected chi connectivity index (χ3v) is 3.99. The van der Waals surface area contributed by atoms with E-state index in [0.29, 0.717) is 11.8 Å². The van der Waals surface area contributed by atoms with Crippen molar-refractivity contribution in [2.24, 2.45) is 0 Å². The van der Waals surface area contributed by atoms with E-state index in [1.165, 1.54) is 18.2 Å². The molecule has 156 valence electrons. The first-order valence-electron chi connectivity index (χ1n) is 9.20. The van der Waals surface area contributed by atoms with Gasteiger partial charge in [0.15, 0.2) is 11.6 Å². The van der Waals surface area contributed by atoms with Crippen molar-refractivity contribution in [2.75, 3.05) is 6.61 Å². The van der Waals surface area contributed by atoms with Crippen LogP contribution in [-0.4, -0.2) is 12.8 Å². The van der Waals surface area contributed by atoms with Gasteiger partial charge in [-0.15, -0.1) is 6.58 Å². The zero-order chi connectivity index (χ0) is 21.3. The Morgan fingerprint density at radius 2 is 1.83 bits per heavy atom. The third kappa shape index (κ3) is 7.25. The highest BCUT2D eigenvalue weighted by molar-refractivity contribution is 5.83. The summed E-state index contributed by atoms with van der Waals surface area (Å²) in [5.74, 6) is -0.674. The van der Waals surface area contributed by atoms with Gasteiger partial charge in [0.05, 0.1) is 6.61 Å². The molecule has 1 aromatic heterocycles. The molecular formula is C22H22F4O3. The van der Waals surface area contributed by atoms with Gasteiger partial charge in [0.1, 0.15) is 11.1 Å². The highest BCUT2D eigenvalue weighted by atomic mass is 19.4. The lowest BCUT2D eigenvalue weighted by Gasteiger charge is -2.08. The second-order valence-corrected chi connectivity index (χ2v) is 6.30. The van der Waals surface area contributed by atoms with Crippen LogP contribution in [0, 0.1) is 5.82 Å². The molecule has 0 unspecified atom stereocenters. The largest absolute Gasteiger partial charge is 0.490 e. The molecule has 2 rings (SSSR count). The second-order valence-electron chi connectivity index (χ2n) is 6.30. The minimum Gasteiger partial charge on any atom is -0.490 e. The molecule has 0 aliphatic heterocycles. The van der Waals surface area contributed by atoms with Gasteiger partial charge in [-0.05, 0) is 43.2 Å². The van der Waals surface area contributed by atoms with Crippen LogP contribution in [0.5, 0.6) is 5.75 Å². The number of ether oxygens (including phenoxy) is 1. The minimum absolute atomic E-state index is 0.0396. The molecule has 29 heavy (non-hydrogen) atoms. The average molecular weight is 410 g/mol. The van der Waals surface area contributed by atoms with Gasteiger partial charge < -0.3 is 9.15 Å². The molecule has 0 N–H and O–H groups in total. The maximum Gasteiger partial charge on any atom is 0.409 e. The molecule has 2 aromatic rings. The highest BCUT2D eigenvalue weighted by Crippen LogP contribution is 2.25. The molecular weight excluding hydrogens is 388 g/mol. The highest BCUT2D eigenvalue weighted by Gasteiger charge is 2.21. The summed E-state index contributed by atoms with van der Waals surface area (Å²) in [5, 5.41) is 0.0730. The number of unbranched alkanes of at least 4 members (excludes halogenated alkanes) is 1. The van der Waals surface area contributed by atoms with Crippen LogP contribution in [0.2, 0.25) is 0 Å². The van der Waals surface area contributed by atoms with Gasteiger partial charge in [-0.1, -0.05) is 30.4 Å². The van der Waals surface area contributed by atoms with Crippen LogP contribution in [0.15, 0.2) is 64.4 Å². The normalized spacial score (nSPS) is 12.3. The monoisotopic (exact) mass is 410 g/mol. The van der Waals surface area contributed by atoms with Crippen molar-refractivity contribution in [3.8, 4) is 5.75 Å². The third-order valence-electron chi connectivity index (χ3n) is 3.99. The van der Waals surface area contributed by atoms with E-state index in [1.807, 2.05) is 18.2 Å². The van der Waals surface area contributed by atoms with E-state index in [2.05, 4.69) is 6.58 Å². The minimum atomic E-state index is -4.38. The fraction of sp³-hybridized carbons (Fsp3) is 0.318. The molecule has 1 aromatic carbocycles. The first-order valence-corrected chi connectivity index (χ1v) is 9.20. The second kappa shape index (κ2) is 10.6.